The molecule has 0 bridgehead atoms. The Morgan fingerprint density at radius 2 is 1.78 bits per heavy atom. The summed E-state index contributed by atoms with van der Waals surface area (Å²) in [6, 6.07) is 13.0. The first-order chi connectivity index (χ1) is 12.8. The number of carbonyl (C=O) groups excluding carboxylic acids is 1. The topological polar surface area (TPSA) is 111 Å². The van der Waals surface area contributed by atoms with Crippen molar-refractivity contribution in [3.63, 3.8) is 0 Å². The van der Waals surface area contributed by atoms with Gasteiger partial charge >= 0.3 is 0 Å². The fraction of sp³-hybridized carbons (Fsp3) is 0.111. The van der Waals surface area contributed by atoms with Crippen molar-refractivity contribution >= 4 is 45.0 Å². The Labute approximate surface area is 163 Å². The van der Waals surface area contributed by atoms with Crippen LogP contribution in [0.5, 0.6) is 5.75 Å². The first kappa shape index (κ1) is 20.6. The van der Waals surface area contributed by atoms with Crippen LogP contribution in [-0.2, 0) is 14.8 Å². The van der Waals surface area contributed by atoms with Crippen LogP contribution in [0.15, 0.2) is 59.5 Å². The molecule has 0 aliphatic carbocycles. The van der Waals surface area contributed by atoms with E-state index in [1.54, 1.807) is 6.08 Å². The minimum absolute atomic E-state index is 0.0127. The Morgan fingerprint density at radius 3 is 2.33 bits per heavy atom. The molecule has 0 atom stereocenters. The van der Waals surface area contributed by atoms with Gasteiger partial charge in [-0.15, -0.1) is 0 Å². The number of sulfonamides is 1. The number of rotatable bonds is 6. The van der Waals surface area contributed by atoms with Gasteiger partial charge in [0.2, 0.25) is 15.9 Å². The summed E-state index contributed by atoms with van der Waals surface area (Å²) in [6.45, 7) is 2.50. The molecule has 27 heavy (non-hydrogen) atoms. The Morgan fingerprint density at radius 1 is 1.15 bits per heavy atom. The molecule has 2 aromatic rings. The van der Waals surface area contributed by atoms with Crippen molar-refractivity contribution in [3.05, 3.63) is 60.2 Å². The lowest BCUT2D eigenvalue weighted by Gasteiger charge is -2.08. The molecule has 0 heterocycles. The van der Waals surface area contributed by atoms with E-state index in [1.807, 2.05) is 31.2 Å². The predicted octanol–water partition coefficient (Wildman–Crippen LogP) is 2.26. The molecule has 0 saturated carbocycles. The van der Waals surface area contributed by atoms with Crippen LogP contribution in [0.25, 0.3) is 6.08 Å². The van der Waals surface area contributed by atoms with Crippen molar-refractivity contribution in [2.45, 2.75) is 11.8 Å². The van der Waals surface area contributed by atoms with E-state index >= 15 is 0 Å². The molecule has 0 aliphatic heterocycles. The van der Waals surface area contributed by atoms with Crippen LogP contribution in [0.4, 0.5) is 5.69 Å². The smallest absolute Gasteiger partial charge is 0.250 e. The summed E-state index contributed by atoms with van der Waals surface area (Å²) in [7, 11) is -3.75. The third kappa shape index (κ3) is 6.81. The molecule has 4 N–H and O–H groups in total. The van der Waals surface area contributed by atoms with Gasteiger partial charge < -0.3 is 10.1 Å². The second-order valence-corrected chi connectivity index (χ2v) is 7.32. The van der Waals surface area contributed by atoms with E-state index in [0.29, 0.717) is 12.3 Å². The number of thiocarbonyl (C=S) groups is 1. The van der Waals surface area contributed by atoms with Gasteiger partial charge in [-0.1, -0.05) is 12.1 Å². The quantitative estimate of drug-likeness (QED) is 0.502. The first-order valence-corrected chi connectivity index (χ1v) is 9.89. The van der Waals surface area contributed by atoms with E-state index < -0.39 is 15.9 Å². The highest BCUT2D eigenvalue weighted by molar-refractivity contribution is 7.89. The molecule has 0 aliphatic rings. The molecular weight excluding hydrogens is 386 g/mol. The highest BCUT2D eigenvalue weighted by Crippen LogP contribution is 2.13. The number of nitrogens with two attached hydrogens (primary N) is 1. The summed E-state index contributed by atoms with van der Waals surface area (Å²) in [4.78, 5) is 11.9. The standard InChI is InChI=1S/C18H19N3O4S2/c1-2-25-15-8-3-13(4-9-15)5-12-17(22)21-18(26)20-14-6-10-16(11-7-14)27(19,23)24/h3-12H,2H2,1H3,(H2,19,23,24)(H2,20,21,22,26)/b12-5+. The van der Waals surface area contributed by atoms with E-state index in [9.17, 15) is 13.2 Å². The molecule has 7 nitrogen and oxygen atoms in total. The molecular formula is C18H19N3O4S2. The van der Waals surface area contributed by atoms with Crippen LogP contribution in [0.1, 0.15) is 12.5 Å². The summed E-state index contributed by atoms with van der Waals surface area (Å²) < 4.78 is 27.8. The van der Waals surface area contributed by atoms with Gasteiger partial charge in [-0.2, -0.15) is 0 Å². The number of hydrogen-bond acceptors (Lipinski definition) is 5. The number of anilines is 1. The Bertz CT molecular complexity index is 938. The number of amides is 1. The summed E-state index contributed by atoms with van der Waals surface area (Å²) in [6.07, 6.45) is 3.00. The van der Waals surface area contributed by atoms with Crippen molar-refractivity contribution < 1.29 is 17.9 Å². The van der Waals surface area contributed by atoms with Crippen LogP contribution in [0.2, 0.25) is 0 Å². The Balaban J connectivity index is 1.88. The highest BCUT2D eigenvalue weighted by atomic mass is 32.2. The lowest BCUT2D eigenvalue weighted by atomic mass is 10.2. The molecule has 0 radical (unpaired) electrons. The van der Waals surface area contributed by atoms with Crippen molar-refractivity contribution in [3.8, 4) is 5.75 Å². The fourth-order valence-corrected chi connectivity index (χ4v) is 2.79. The molecule has 2 rings (SSSR count). The molecule has 0 aromatic heterocycles. The zero-order valence-corrected chi connectivity index (χ0v) is 16.1. The maximum absolute atomic E-state index is 11.9. The van der Waals surface area contributed by atoms with Gasteiger partial charge in [0.1, 0.15) is 5.75 Å². The van der Waals surface area contributed by atoms with Gasteiger partial charge in [-0.3, -0.25) is 10.1 Å². The van der Waals surface area contributed by atoms with Gasteiger partial charge in [-0.25, -0.2) is 13.6 Å². The second-order valence-electron chi connectivity index (χ2n) is 5.35. The summed E-state index contributed by atoms with van der Waals surface area (Å²) in [5.41, 5.74) is 1.36. The van der Waals surface area contributed by atoms with Gasteiger partial charge in [-0.05, 0) is 67.2 Å². The summed E-state index contributed by atoms with van der Waals surface area (Å²) in [5.74, 6) is 0.362. The van der Waals surface area contributed by atoms with Crippen molar-refractivity contribution in [1.82, 2.24) is 5.32 Å². The van der Waals surface area contributed by atoms with Gasteiger partial charge in [0.25, 0.3) is 0 Å². The molecule has 2 aromatic carbocycles. The summed E-state index contributed by atoms with van der Waals surface area (Å²) >= 11 is 5.06. The maximum atomic E-state index is 11.9. The SMILES string of the molecule is CCOc1ccc(/C=C/C(=O)NC(=S)Nc2ccc(S(N)(=O)=O)cc2)cc1. The van der Waals surface area contributed by atoms with Gasteiger partial charge in [0.05, 0.1) is 11.5 Å². The van der Waals surface area contributed by atoms with E-state index in [0.717, 1.165) is 11.3 Å². The van der Waals surface area contributed by atoms with Crippen LogP contribution in [0.3, 0.4) is 0 Å². The average Bonchev–Trinajstić information content (AvgIpc) is 2.61. The number of primary sulfonamides is 1. The van der Waals surface area contributed by atoms with Crippen molar-refractivity contribution in [2.24, 2.45) is 5.14 Å². The normalized spacial score (nSPS) is 11.2. The monoisotopic (exact) mass is 405 g/mol. The number of ether oxygens (including phenoxy) is 1. The van der Waals surface area contributed by atoms with E-state index in [-0.39, 0.29) is 10.0 Å². The molecule has 0 spiro atoms. The molecule has 1 amide bonds. The van der Waals surface area contributed by atoms with E-state index in [4.69, 9.17) is 22.1 Å². The van der Waals surface area contributed by atoms with E-state index in [2.05, 4.69) is 10.6 Å². The van der Waals surface area contributed by atoms with Crippen LogP contribution >= 0.6 is 12.2 Å². The lowest BCUT2D eigenvalue weighted by molar-refractivity contribution is -0.115. The largest absolute Gasteiger partial charge is 0.494 e. The van der Waals surface area contributed by atoms with Crippen LogP contribution in [0, 0.1) is 0 Å². The van der Waals surface area contributed by atoms with Crippen LogP contribution < -0.4 is 20.5 Å². The third-order valence-corrected chi connectivity index (χ3v) is 4.43. The minimum atomic E-state index is -3.75. The van der Waals surface area contributed by atoms with E-state index in [1.165, 1.54) is 30.3 Å². The van der Waals surface area contributed by atoms with Gasteiger partial charge in [0, 0.05) is 11.8 Å². The van der Waals surface area contributed by atoms with Gasteiger partial charge in [0.15, 0.2) is 5.11 Å². The Hall–Kier alpha value is -2.75. The molecule has 9 heteroatoms. The molecule has 0 saturated heterocycles. The number of benzene rings is 2. The number of nitrogens with one attached hydrogen (secondary N) is 2. The summed E-state index contributed by atoms with van der Waals surface area (Å²) in [5, 5.41) is 10.4. The highest BCUT2D eigenvalue weighted by Gasteiger charge is 2.07. The second kappa shape index (κ2) is 9.26. The number of carbonyl (C=O) groups is 1. The Kier molecular flexibility index (Phi) is 7.05. The number of hydrogen-bond donors (Lipinski definition) is 3. The molecule has 0 fully saturated rings. The lowest BCUT2D eigenvalue weighted by Crippen LogP contribution is -2.32. The average molecular weight is 406 g/mol. The third-order valence-electron chi connectivity index (χ3n) is 3.30. The van der Waals surface area contributed by atoms with Crippen molar-refractivity contribution in [1.29, 1.82) is 0 Å². The maximum Gasteiger partial charge on any atom is 0.250 e. The first-order valence-electron chi connectivity index (χ1n) is 7.93. The minimum Gasteiger partial charge on any atom is -0.494 e. The molecule has 142 valence electrons. The van der Waals surface area contributed by atoms with Crippen LogP contribution in [-0.4, -0.2) is 26.0 Å². The fourth-order valence-electron chi connectivity index (χ4n) is 2.06. The zero-order chi connectivity index (χ0) is 19.9. The predicted molar refractivity (Wildman–Crippen MR) is 109 cm³/mol. The molecule has 0 unspecified atom stereocenters. The van der Waals surface area contributed by atoms with Crippen molar-refractivity contribution in [2.75, 3.05) is 11.9 Å². The zero-order valence-electron chi connectivity index (χ0n) is 14.5.